The standard InChI is InChI=1S/C21H25FN2O4S/c1-2-28-20-8-4-3-6-16(20)14-23-21(25)17-7-5-13-24(15-17)29(26,27)19-11-9-18(22)10-12-19/h3-4,6,8-12,17H,2,5,7,13-15H2,1H3,(H,23,25). The lowest BCUT2D eigenvalue weighted by molar-refractivity contribution is -0.126. The minimum atomic E-state index is -3.76. The molecule has 1 aliphatic heterocycles. The number of rotatable bonds is 7. The zero-order valence-corrected chi connectivity index (χ0v) is 17.1. The number of para-hydroxylation sites is 1. The number of nitrogens with zero attached hydrogens (tertiary/aromatic N) is 1. The molecule has 2 aromatic carbocycles. The van der Waals surface area contributed by atoms with Gasteiger partial charge in [0.1, 0.15) is 11.6 Å². The van der Waals surface area contributed by atoms with Crippen molar-refractivity contribution in [2.24, 2.45) is 5.92 Å². The van der Waals surface area contributed by atoms with Gasteiger partial charge in [-0.05, 0) is 50.1 Å². The summed E-state index contributed by atoms with van der Waals surface area (Å²) in [4.78, 5) is 12.7. The van der Waals surface area contributed by atoms with Crippen molar-refractivity contribution in [2.75, 3.05) is 19.7 Å². The second-order valence-corrected chi connectivity index (χ2v) is 8.85. The molecular formula is C21H25FN2O4S. The predicted molar refractivity (Wildman–Crippen MR) is 107 cm³/mol. The number of sulfonamides is 1. The molecule has 29 heavy (non-hydrogen) atoms. The molecule has 1 atom stereocenters. The van der Waals surface area contributed by atoms with E-state index < -0.39 is 21.8 Å². The van der Waals surface area contributed by atoms with Crippen LogP contribution in [0.4, 0.5) is 4.39 Å². The molecule has 0 aliphatic carbocycles. The molecule has 2 aromatic rings. The van der Waals surface area contributed by atoms with Crippen molar-refractivity contribution in [2.45, 2.75) is 31.2 Å². The lowest BCUT2D eigenvalue weighted by Gasteiger charge is -2.31. The molecule has 156 valence electrons. The van der Waals surface area contributed by atoms with E-state index in [9.17, 15) is 17.6 Å². The molecule has 1 amide bonds. The minimum Gasteiger partial charge on any atom is -0.494 e. The van der Waals surface area contributed by atoms with E-state index in [0.717, 1.165) is 23.4 Å². The Hall–Kier alpha value is -2.45. The van der Waals surface area contributed by atoms with Gasteiger partial charge in [-0.2, -0.15) is 4.31 Å². The van der Waals surface area contributed by atoms with E-state index in [1.807, 2.05) is 31.2 Å². The molecule has 0 radical (unpaired) electrons. The van der Waals surface area contributed by atoms with Crippen LogP contribution in [0.3, 0.4) is 0 Å². The Kier molecular flexibility index (Phi) is 6.87. The molecule has 0 spiro atoms. The molecule has 0 bridgehead atoms. The Morgan fingerprint density at radius 3 is 2.66 bits per heavy atom. The third kappa shape index (κ3) is 5.13. The summed E-state index contributed by atoms with van der Waals surface area (Å²) in [5.74, 6) is -0.389. The number of benzene rings is 2. The van der Waals surface area contributed by atoms with Crippen molar-refractivity contribution in [1.29, 1.82) is 0 Å². The largest absolute Gasteiger partial charge is 0.494 e. The van der Waals surface area contributed by atoms with Gasteiger partial charge in [0.25, 0.3) is 0 Å². The first-order chi connectivity index (χ1) is 13.9. The fourth-order valence-corrected chi connectivity index (χ4v) is 4.93. The van der Waals surface area contributed by atoms with Crippen LogP contribution >= 0.6 is 0 Å². The zero-order chi connectivity index (χ0) is 20.9. The molecule has 1 aliphatic rings. The van der Waals surface area contributed by atoms with Gasteiger partial charge in [0.05, 0.1) is 17.4 Å². The highest BCUT2D eigenvalue weighted by Crippen LogP contribution is 2.24. The Morgan fingerprint density at radius 1 is 1.21 bits per heavy atom. The molecule has 3 rings (SSSR count). The minimum absolute atomic E-state index is 0.0330. The average Bonchev–Trinajstić information content (AvgIpc) is 2.73. The molecule has 1 saturated heterocycles. The van der Waals surface area contributed by atoms with E-state index in [2.05, 4.69) is 5.32 Å². The number of hydrogen-bond acceptors (Lipinski definition) is 4. The van der Waals surface area contributed by atoms with E-state index in [0.29, 0.717) is 32.5 Å². The Bertz CT molecular complexity index is 947. The highest BCUT2D eigenvalue weighted by molar-refractivity contribution is 7.89. The summed E-state index contributed by atoms with van der Waals surface area (Å²) >= 11 is 0. The van der Waals surface area contributed by atoms with Crippen molar-refractivity contribution in [1.82, 2.24) is 9.62 Å². The van der Waals surface area contributed by atoms with Crippen LogP contribution in [0.25, 0.3) is 0 Å². The van der Waals surface area contributed by atoms with Gasteiger partial charge in [0.2, 0.25) is 15.9 Å². The first-order valence-electron chi connectivity index (χ1n) is 9.66. The van der Waals surface area contributed by atoms with Crippen LogP contribution in [0.2, 0.25) is 0 Å². The van der Waals surface area contributed by atoms with Crippen molar-refractivity contribution in [3.8, 4) is 5.75 Å². The summed E-state index contributed by atoms with van der Waals surface area (Å²) in [6.07, 6.45) is 1.21. The molecule has 6 nitrogen and oxygen atoms in total. The second-order valence-electron chi connectivity index (χ2n) is 6.91. The van der Waals surface area contributed by atoms with Crippen LogP contribution in [0.5, 0.6) is 5.75 Å². The van der Waals surface area contributed by atoms with Crippen LogP contribution in [-0.2, 0) is 21.4 Å². The van der Waals surface area contributed by atoms with Gasteiger partial charge in [-0.3, -0.25) is 4.79 Å². The predicted octanol–water partition coefficient (Wildman–Crippen LogP) is 2.94. The van der Waals surface area contributed by atoms with Gasteiger partial charge in [0.15, 0.2) is 0 Å². The smallest absolute Gasteiger partial charge is 0.243 e. The number of carbonyl (C=O) groups excluding carboxylic acids is 1. The molecule has 1 unspecified atom stereocenters. The lowest BCUT2D eigenvalue weighted by atomic mass is 9.98. The molecule has 1 N–H and O–H groups in total. The normalized spacial score (nSPS) is 17.7. The maximum atomic E-state index is 13.1. The van der Waals surface area contributed by atoms with Crippen molar-refractivity contribution in [3.63, 3.8) is 0 Å². The maximum absolute atomic E-state index is 13.1. The van der Waals surface area contributed by atoms with E-state index in [4.69, 9.17) is 4.74 Å². The Balaban J connectivity index is 1.64. The summed E-state index contributed by atoms with van der Waals surface area (Å²) in [5.41, 5.74) is 0.870. The van der Waals surface area contributed by atoms with Crippen LogP contribution in [0, 0.1) is 11.7 Å². The van der Waals surface area contributed by atoms with Gasteiger partial charge in [-0.1, -0.05) is 18.2 Å². The Labute approximate surface area is 170 Å². The molecule has 8 heteroatoms. The topological polar surface area (TPSA) is 75.7 Å². The fraction of sp³-hybridized carbons (Fsp3) is 0.381. The highest BCUT2D eigenvalue weighted by Gasteiger charge is 2.33. The number of hydrogen-bond donors (Lipinski definition) is 1. The summed E-state index contributed by atoms with van der Waals surface area (Å²) in [6.45, 7) is 3.20. The zero-order valence-electron chi connectivity index (χ0n) is 16.3. The lowest BCUT2D eigenvalue weighted by Crippen LogP contribution is -2.45. The first kappa shape index (κ1) is 21.3. The van der Waals surface area contributed by atoms with Crippen molar-refractivity contribution < 1.29 is 22.3 Å². The van der Waals surface area contributed by atoms with Gasteiger partial charge in [-0.25, -0.2) is 12.8 Å². The SMILES string of the molecule is CCOc1ccccc1CNC(=O)C1CCCN(S(=O)(=O)c2ccc(F)cc2)C1. The van der Waals surface area contributed by atoms with E-state index in [-0.39, 0.29) is 17.3 Å². The summed E-state index contributed by atoms with van der Waals surface area (Å²) in [5, 5.41) is 2.90. The van der Waals surface area contributed by atoms with Gasteiger partial charge >= 0.3 is 0 Å². The third-order valence-corrected chi connectivity index (χ3v) is 6.81. The van der Waals surface area contributed by atoms with Crippen LogP contribution in [-0.4, -0.2) is 38.3 Å². The van der Waals surface area contributed by atoms with Crippen molar-refractivity contribution in [3.05, 3.63) is 59.9 Å². The quantitative estimate of drug-likeness (QED) is 0.747. The second kappa shape index (κ2) is 9.37. The van der Waals surface area contributed by atoms with E-state index in [1.165, 1.54) is 16.4 Å². The molecular weight excluding hydrogens is 395 g/mol. The monoisotopic (exact) mass is 420 g/mol. The number of carbonyl (C=O) groups is 1. The van der Waals surface area contributed by atoms with Gasteiger partial charge in [-0.15, -0.1) is 0 Å². The fourth-order valence-electron chi connectivity index (χ4n) is 3.40. The third-order valence-electron chi connectivity index (χ3n) is 4.93. The number of piperidine rings is 1. The van der Waals surface area contributed by atoms with Crippen LogP contribution in [0.15, 0.2) is 53.4 Å². The number of amides is 1. The molecule has 1 heterocycles. The molecule has 0 saturated carbocycles. The van der Waals surface area contributed by atoms with E-state index in [1.54, 1.807) is 0 Å². The maximum Gasteiger partial charge on any atom is 0.243 e. The first-order valence-corrected chi connectivity index (χ1v) is 11.1. The number of ether oxygens (including phenoxy) is 1. The van der Waals surface area contributed by atoms with Crippen LogP contribution in [0.1, 0.15) is 25.3 Å². The summed E-state index contributed by atoms with van der Waals surface area (Å²) < 4.78 is 45.6. The van der Waals surface area contributed by atoms with Gasteiger partial charge in [0, 0.05) is 25.2 Å². The summed E-state index contributed by atoms with van der Waals surface area (Å²) in [7, 11) is -3.76. The molecule has 0 aromatic heterocycles. The van der Waals surface area contributed by atoms with Crippen LogP contribution < -0.4 is 10.1 Å². The van der Waals surface area contributed by atoms with E-state index >= 15 is 0 Å². The average molecular weight is 421 g/mol. The highest BCUT2D eigenvalue weighted by atomic mass is 32.2. The number of halogens is 1. The number of nitrogens with one attached hydrogen (secondary N) is 1. The van der Waals surface area contributed by atoms with Gasteiger partial charge < -0.3 is 10.1 Å². The van der Waals surface area contributed by atoms with Crippen molar-refractivity contribution >= 4 is 15.9 Å². The Morgan fingerprint density at radius 2 is 1.93 bits per heavy atom. The molecule has 1 fully saturated rings. The summed E-state index contributed by atoms with van der Waals surface area (Å²) in [6, 6.07) is 12.2.